The lowest BCUT2D eigenvalue weighted by Gasteiger charge is -2.21. The molecule has 0 heterocycles. The molecule has 1 fully saturated rings. The Morgan fingerprint density at radius 2 is 1.62 bits per heavy atom. The van der Waals surface area contributed by atoms with E-state index in [1.165, 1.54) is 56.6 Å². The van der Waals surface area contributed by atoms with Gasteiger partial charge in [0, 0.05) is 6.08 Å². The maximum Gasteiger partial charge on any atom is 0.336 e. The molecule has 3 heteroatoms. The van der Waals surface area contributed by atoms with Gasteiger partial charge in [-0.25, -0.2) is 4.79 Å². The molecule has 1 aliphatic carbocycles. The first-order valence-electron chi connectivity index (χ1n) is 11.0. The van der Waals surface area contributed by atoms with Crippen molar-refractivity contribution in [2.75, 3.05) is 6.61 Å². The van der Waals surface area contributed by atoms with Crippen LogP contribution in [0.4, 0.5) is 0 Å². The highest BCUT2D eigenvalue weighted by molar-refractivity contribution is 5.88. The highest BCUT2D eigenvalue weighted by Gasteiger charge is 2.15. The summed E-state index contributed by atoms with van der Waals surface area (Å²) in [6.45, 7) is 2.92. The summed E-state index contributed by atoms with van der Waals surface area (Å²) in [5.41, 5.74) is 2.30. The predicted molar refractivity (Wildman–Crippen MR) is 118 cm³/mol. The maximum absolute atomic E-state index is 12.1. The molecule has 29 heavy (non-hydrogen) atoms. The lowest BCUT2D eigenvalue weighted by molar-refractivity contribution is -0.128. The average Bonchev–Trinajstić information content (AvgIpc) is 2.77. The van der Waals surface area contributed by atoms with E-state index in [-0.39, 0.29) is 5.97 Å². The van der Waals surface area contributed by atoms with Crippen molar-refractivity contribution in [2.24, 2.45) is 0 Å². The van der Waals surface area contributed by atoms with E-state index in [2.05, 4.69) is 19.1 Å². The summed E-state index contributed by atoms with van der Waals surface area (Å²) in [5, 5.41) is 0. The molecule has 3 rings (SSSR count). The van der Waals surface area contributed by atoms with Crippen molar-refractivity contribution in [3.05, 3.63) is 65.7 Å². The molecule has 0 aromatic heterocycles. The molecule has 1 aliphatic rings. The molecule has 0 atom stereocenters. The van der Waals surface area contributed by atoms with Crippen LogP contribution in [0, 0.1) is 0 Å². The van der Waals surface area contributed by atoms with Crippen LogP contribution < -0.4 is 9.47 Å². The molecule has 0 radical (unpaired) electrons. The molecule has 0 amide bonds. The van der Waals surface area contributed by atoms with E-state index < -0.39 is 0 Å². The Kier molecular flexibility index (Phi) is 8.36. The third kappa shape index (κ3) is 7.08. The van der Waals surface area contributed by atoms with Crippen LogP contribution in [0.3, 0.4) is 0 Å². The zero-order chi connectivity index (χ0) is 20.3. The zero-order valence-corrected chi connectivity index (χ0v) is 17.4. The van der Waals surface area contributed by atoms with Crippen molar-refractivity contribution in [3.63, 3.8) is 0 Å². The monoisotopic (exact) mass is 392 g/mol. The lowest BCUT2D eigenvalue weighted by Crippen LogP contribution is -2.06. The Bertz CT molecular complexity index is 769. The number of ether oxygens (including phenoxy) is 2. The van der Waals surface area contributed by atoms with E-state index in [1.807, 2.05) is 36.4 Å². The molecule has 0 saturated heterocycles. The number of unbranched alkanes of at least 4 members (excludes halogenated alkanes) is 2. The molecule has 154 valence electrons. The Hall–Kier alpha value is -2.55. The minimum Gasteiger partial charge on any atom is -0.494 e. The van der Waals surface area contributed by atoms with Gasteiger partial charge in [-0.15, -0.1) is 0 Å². The Balaban J connectivity index is 1.46. The summed E-state index contributed by atoms with van der Waals surface area (Å²) in [6, 6.07) is 15.8. The van der Waals surface area contributed by atoms with Crippen LogP contribution in [0.5, 0.6) is 11.5 Å². The van der Waals surface area contributed by atoms with E-state index in [0.717, 1.165) is 24.3 Å². The minimum absolute atomic E-state index is 0.365. The topological polar surface area (TPSA) is 35.5 Å². The third-order valence-corrected chi connectivity index (χ3v) is 5.48. The quantitative estimate of drug-likeness (QED) is 0.201. The molecule has 0 N–H and O–H groups in total. The molecular formula is C26H32O3. The van der Waals surface area contributed by atoms with Crippen molar-refractivity contribution in [3.8, 4) is 11.5 Å². The van der Waals surface area contributed by atoms with Crippen LogP contribution in [-0.4, -0.2) is 12.6 Å². The molecule has 0 unspecified atom stereocenters. The molecule has 0 aliphatic heterocycles. The molecular weight excluding hydrogens is 360 g/mol. The van der Waals surface area contributed by atoms with E-state index in [0.29, 0.717) is 11.7 Å². The number of carbonyl (C=O) groups excluding carboxylic acids is 1. The van der Waals surface area contributed by atoms with Gasteiger partial charge in [-0.3, -0.25) is 0 Å². The summed E-state index contributed by atoms with van der Waals surface area (Å²) in [6.07, 6.45) is 13.2. The summed E-state index contributed by atoms with van der Waals surface area (Å²) in [7, 11) is 0. The second-order valence-corrected chi connectivity index (χ2v) is 7.78. The number of hydrogen-bond donors (Lipinski definition) is 0. The van der Waals surface area contributed by atoms with Gasteiger partial charge < -0.3 is 9.47 Å². The Labute approximate surface area is 174 Å². The SMILES string of the molecule is CCCCCOc1ccc(C=CC(=O)Oc2ccc(C3CCCCC3)cc2)cc1. The fraction of sp³-hybridized carbons (Fsp3) is 0.423. The molecule has 0 spiro atoms. The number of esters is 1. The number of hydrogen-bond acceptors (Lipinski definition) is 3. The summed E-state index contributed by atoms with van der Waals surface area (Å²) < 4.78 is 11.1. The fourth-order valence-electron chi connectivity index (χ4n) is 3.78. The number of rotatable bonds is 9. The summed E-state index contributed by atoms with van der Waals surface area (Å²) in [5.74, 6) is 1.75. The first-order chi connectivity index (χ1) is 14.2. The Morgan fingerprint density at radius 3 is 2.31 bits per heavy atom. The van der Waals surface area contributed by atoms with E-state index in [4.69, 9.17) is 9.47 Å². The van der Waals surface area contributed by atoms with Gasteiger partial charge in [0.05, 0.1) is 6.61 Å². The van der Waals surface area contributed by atoms with Crippen LogP contribution in [0.2, 0.25) is 0 Å². The first kappa shape index (κ1) is 21.2. The zero-order valence-electron chi connectivity index (χ0n) is 17.4. The predicted octanol–water partition coefficient (Wildman–Crippen LogP) is 6.92. The van der Waals surface area contributed by atoms with Gasteiger partial charge in [-0.2, -0.15) is 0 Å². The highest BCUT2D eigenvalue weighted by atomic mass is 16.5. The van der Waals surface area contributed by atoms with Gasteiger partial charge >= 0.3 is 5.97 Å². The van der Waals surface area contributed by atoms with Crippen LogP contribution in [0.25, 0.3) is 6.08 Å². The normalized spacial score (nSPS) is 14.8. The van der Waals surface area contributed by atoms with Gasteiger partial charge in [0.15, 0.2) is 0 Å². The lowest BCUT2D eigenvalue weighted by atomic mass is 9.84. The second kappa shape index (κ2) is 11.5. The maximum atomic E-state index is 12.1. The third-order valence-electron chi connectivity index (χ3n) is 5.48. The number of benzene rings is 2. The fourth-order valence-corrected chi connectivity index (χ4v) is 3.78. The van der Waals surface area contributed by atoms with Crippen molar-refractivity contribution in [1.29, 1.82) is 0 Å². The molecule has 3 nitrogen and oxygen atoms in total. The van der Waals surface area contributed by atoms with Gasteiger partial charge in [0.1, 0.15) is 11.5 Å². The van der Waals surface area contributed by atoms with Crippen LogP contribution in [0.15, 0.2) is 54.6 Å². The molecule has 1 saturated carbocycles. The van der Waals surface area contributed by atoms with Crippen LogP contribution >= 0.6 is 0 Å². The average molecular weight is 393 g/mol. The van der Waals surface area contributed by atoms with Gasteiger partial charge in [0.2, 0.25) is 0 Å². The van der Waals surface area contributed by atoms with Crippen LogP contribution in [0.1, 0.15) is 75.3 Å². The summed E-state index contributed by atoms with van der Waals surface area (Å²) in [4.78, 5) is 12.1. The number of carbonyl (C=O) groups is 1. The van der Waals surface area contributed by atoms with Gasteiger partial charge in [-0.1, -0.05) is 63.3 Å². The van der Waals surface area contributed by atoms with Crippen molar-refractivity contribution in [1.82, 2.24) is 0 Å². The van der Waals surface area contributed by atoms with E-state index in [9.17, 15) is 4.79 Å². The molecule has 2 aromatic carbocycles. The van der Waals surface area contributed by atoms with E-state index in [1.54, 1.807) is 6.08 Å². The van der Waals surface area contributed by atoms with Crippen LogP contribution in [-0.2, 0) is 4.79 Å². The van der Waals surface area contributed by atoms with Crippen molar-refractivity contribution < 1.29 is 14.3 Å². The van der Waals surface area contributed by atoms with Crippen molar-refractivity contribution in [2.45, 2.75) is 64.2 Å². The minimum atomic E-state index is -0.365. The molecule has 2 aromatic rings. The van der Waals surface area contributed by atoms with Gasteiger partial charge in [-0.05, 0) is 66.6 Å². The first-order valence-corrected chi connectivity index (χ1v) is 11.0. The Morgan fingerprint density at radius 1 is 0.931 bits per heavy atom. The van der Waals surface area contributed by atoms with E-state index >= 15 is 0 Å². The van der Waals surface area contributed by atoms with Gasteiger partial charge in [0.25, 0.3) is 0 Å². The summed E-state index contributed by atoms with van der Waals surface area (Å²) >= 11 is 0. The highest BCUT2D eigenvalue weighted by Crippen LogP contribution is 2.33. The second-order valence-electron chi connectivity index (χ2n) is 7.78. The molecule has 0 bridgehead atoms. The smallest absolute Gasteiger partial charge is 0.336 e. The standard InChI is InChI=1S/C26H32O3/c1-2-3-7-20-28-24-15-10-21(11-16-24)12-19-26(27)29-25-17-13-23(14-18-25)22-8-5-4-6-9-22/h10-19,22H,2-9,20H2,1H3. The van der Waals surface area contributed by atoms with Crippen molar-refractivity contribution >= 4 is 12.0 Å². The largest absolute Gasteiger partial charge is 0.494 e.